The molecule has 2 aliphatic rings. The van der Waals surface area contributed by atoms with Crippen LogP contribution in [0, 0.1) is 18.7 Å². The lowest BCUT2D eigenvalue weighted by Gasteiger charge is -2.38. The van der Waals surface area contributed by atoms with Crippen molar-refractivity contribution in [2.45, 2.75) is 38.8 Å². The lowest BCUT2D eigenvalue weighted by atomic mass is 9.87. The number of nitrogens with zero attached hydrogens (tertiary/aromatic N) is 1. The Kier molecular flexibility index (Phi) is 6.53. The molecule has 2 amide bonds. The highest BCUT2D eigenvalue weighted by Crippen LogP contribution is 2.41. The number of amides is 2. The summed E-state index contributed by atoms with van der Waals surface area (Å²) >= 11 is 0. The zero-order valence-corrected chi connectivity index (χ0v) is 19.8. The Labute approximate surface area is 204 Å². The van der Waals surface area contributed by atoms with Crippen molar-refractivity contribution in [3.05, 3.63) is 100 Å². The van der Waals surface area contributed by atoms with Crippen LogP contribution in [-0.2, 0) is 22.6 Å². The van der Waals surface area contributed by atoms with Gasteiger partial charge < -0.3 is 15.0 Å². The van der Waals surface area contributed by atoms with Crippen LogP contribution in [0.3, 0.4) is 0 Å². The second kappa shape index (κ2) is 9.90. The number of benzene rings is 3. The van der Waals surface area contributed by atoms with Gasteiger partial charge in [0.25, 0.3) is 5.91 Å². The molecule has 1 atom stereocenters. The van der Waals surface area contributed by atoms with Crippen molar-refractivity contribution in [1.82, 2.24) is 10.2 Å². The lowest BCUT2D eigenvalue weighted by Crippen LogP contribution is -2.41. The second-order valence-corrected chi connectivity index (χ2v) is 9.42. The standard InChI is InChI=1S/C29H29FN2O3/c1-19-2-6-22(7-3-19)28-26-16-25(13-10-21(26)14-15-32(28)29(34)23-8-9-23)35-18-27(33)31-17-20-4-11-24(30)12-5-20/h2-7,10-13,16,23,28H,8-9,14-15,17-18H2,1H3,(H,31,33). The fourth-order valence-electron chi connectivity index (χ4n) is 4.60. The third kappa shape index (κ3) is 5.37. The van der Waals surface area contributed by atoms with E-state index < -0.39 is 0 Å². The molecular formula is C29H29FN2O3. The number of halogens is 1. The van der Waals surface area contributed by atoms with Gasteiger partial charge >= 0.3 is 0 Å². The average molecular weight is 473 g/mol. The van der Waals surface area contributed by atoms with Gasteiger partial charge in [0, 0.05) is 19.0 Å². The number of ether oxygens (including phenoxy) is 1. The summed E-state index contributed by atoms with van der Waals surface area (Å²) in [6, 6.07) is 20.1. The van der Waals surface area contributed by atoms with E-state index in [0.29, 0.717) is 18.8 Å². The summed E-state index contributed by atoms with van der Waals surface area (Å²) in [6.45, 7) is 2.94. The van der Waals surface area contributed by atoms with Crippen molar-refractivity contribution < 1.29 is 18.7 Å². The van der Waals surface area contributed by atoms with Crippen molar-refractivity contribution >= 4 is 11.8 Å². The van der Waals surface area contributed by atoms with Crippen LogP contribution in [0.4, 0.5) is 4.39 Å². The molecule has 35 heavy (non-hydrogen) atoms. The maximum Gasteiger partial charge on any atom is 0.258 e. The van der Waals surface area contributed by atoms with Crippen molar-refractivity contribution in [1.29, 1.82) is 0 Å². The molecule has 3 aromatic rings. The minimum atomic E-state index is -0.308. The first kappa shape index (κ1) is 23.1. The number of carbonyl (C=O) groups is 2. The number of carbonyl (C=O) groups excluding carboxylic acids is 2. The average Bonchev–Trinajstić information content (AvgIpc) is 3.72. The van der Waals surface area contributed by atoms with E-state index in [0.717, 1.165) is 36.0 Å². The third-order valence-corrected chi connectivity index (χ3v) is 6.72. The molecule has 5 nitrogen and oxygen atoms in total. The monoisotopic (exact) mass is 472 g/mol. The van der Waals surface area contributed by atoms with Crippen LogP contribution in [-0.4, -0.2) is 29.9 Å². The molecule has 1 heterocycles. The van der Waals surface area contributed by atoms with Gasteiger partial charge in [-0.2, -0.15) is 0 Å². The number of hydrogen-bond donors (Lipinski definition) is 1. The van der Waals surface area contributed by atoms with Crippen LogP contribution in [0.15, 0.2) is 66.7 Å². The second-order valence-electron chi connectivity index (χ2n) is 9.42. The first-order chi connectivity index (χ1) is 17.0. The Hall–Kier alpha value is -3.67. The van der Waals surface area contributed by atoms with Crippen LogP contribution in [0.2, 0.25) is 0 Å². The Bertz CT molecular complexity index is 1220. The highest BCUT2D eigenvalue weighted by molar-refractivity contribution is 5.82. The third-order valence-electron chi connectivity index (χ3n) is 6.72. The van der Waals surface area contributed by atoms with Crippen LogP contribution >= 0.6 is 0 Å². The van der Waals surface area contributed by atoms with Gasteiger partial charge in [0.2, 0.25) is 5.91 Å². The Morgan fingerprint density at radius 2 is 1.77 bits per heavy atom. The quantitative estimate of drug-likeness (QED) is 0.542. The Morgan fingerprint density at radius 3 is 2.49 bits per heavy atom. The molecule has 5 rings (SSSR count). The fourth-order valence-corrected chi connectivity index (χ4v) is 4.60. The topological polar surface area (TPSA) is 58.6 Å². The zero-order chi connectivity index (χ0) is 24.4. The molecule has 0 aromatic heterocycles. The van der Waals surface area contributed by atoms with Crippen molar-refractivity contribution in [3.8, 4) is 5.75 Å². The molecule has 180 valence electrons. The molecule has 0 spiro atoms. The van der Waals surface area contributed by atoms with Gasteiger partial charge in [0.1, 0.15) is 11.6 Å². The molecule has 1 N–H and O–H groups in total. The van der Waals surface area contributed by atoms with E-state index >= 15 is 0 Å². The van der Waals surface area contributed by atoms with Gasteiger partial charge in [0.05, 0.1) is 6.04 Å². The van der Waals surface area contributed by atoms with E-state index in [1.165, 1.54) is 23.3 Å². The Morgan fingerprint density at radius 1 is 1.03 bits per heavy atom. The molecule has 0 bridgehead atoms. The van der Waals surface area contributed by atoms with E-state index in [4.69, 9.17) is 4.74 Å². The van der Waals surface area contributed by atoms with Crippen LogP contribution < -0.4 is 10.1 Å². The van der Waals surface area contributed by atoms with Gasteiger partial charge in [-0.25, -0.2) is 4.39 Å². The molecule has 1 fully saturated rings. The predicted molar refractivity (Wildman–Crippen MR) is 131 cm³/mol. The van der Waals surface area contributed by atoms with E-state index in [9.17, 15) is 14.0 Å². The molecular weight excluding hydrogens is 443 g/mol. The Balaban J connectivity index is 1.31. The van der Waals surface area contributed by atoms with Crippen LogP contribution in [0.5, 0.6) is 5.75 Å². The maximum atomic E-state index is 13.1. The number of aryl methyl sites for hydroxylation is 1. The summed E-state index contributed by atoms with van der Waals surface area (Å²) in [6.07, 6.45) is 2.74. The molecule has 1 saturated carbocycles. The molecule has 3 aromatic carbocycles. The summed E-state index contributed by atoms with van der Waals surface area (Å²) in [5.74, 6) is 0.407. The molecule has 0 saturated heterocycles. The van der Waals surface area contributed by atoms with E-state index in [1.54, 1.807) is 12.1 Å². The van der Waals surface area contributed by atoms with Gasteiger partial charge in [-0.05, 0) is 72.7 Å². The van der Waals surface area contributed by atoms with Crippen LogP contribution in [0.1, 0.15) is 46.7 Å². The van der Waals surface area contributed by atoms with Gasteiger partial charge in [-0.15, -0.1) is 0 Å². The van der Waals surface area contributed by atoms with Crippen molar-refractivity contribution in [2.75, 3.05) is 13.2 Å². The molecule has 1 unspecified atom stereocenters. The van der Waals surface area contributed by atoms with Gasteiger partial charge in [0.15, 0.2) is 6.61 Å². The van der Waals surface area contributed by atoms with Gasteiger partial charge in [-0.1, -0.05) is 48.0 Å². The number of rotatable bonds is 7. The van der Waals surface area contributed by atoms with E-state index in [1.807, 2.05) is 23.1 Å². The molecule has 0 radical (unpaired) electrons. The minimum absolute atomic E-state index is 0.125. The normalized spacial score (nSPS) is 17.0. The smallest absolute Gasteiger partial charge is 0.258 e. The summed E-state index contributed by atoms with van der Waals surface area (Å²) in [7, 11) is 0. The summed E-state index contributed by atoms with van der Waals surface area (Å²) in [5.41, 5.74) is 5.32. The van der Waals surface area contributed by atoms with Crippen molar-refractivity contribution in [3.63, 3.8) is 0 Å². The highest BCUT2D eigenvalue weighted by Gasteiger charge is 2.39. The lowest BCUT2D eigenvalue weighted by molar-refractivity contribution is -0.134. The summed E-state index contributed by atoms with van der Waals surface area (Å²) in [4.78, 5) is 27.5. The van der Waals surface area contributed by atoms with Gasteiger partial charge in [-0.3, -0.25) is 9.59 Å². The number of fused-ring (bicyclic) bond motifs is 1. The first-order valence-corrected chi connectivity index (χ1v) is 12.1. The zero-order valence-electron chi connectivity index (χ0n) is 19.8. The predicted octanol–water partition coefficient (Wildman–Crippen LogP) is 4.71. The highest BCUT2D eigenvalue weighted by atomic mass is 19.1. The van der Waals surface area contributed by atoms with E-state index in [2.05, 4.69) is 36.5 Å². The molecule has 1 aliphatic heterocycles. The van der Waals surface area contributed by atoms with E-state index in [-0.39, 0.29) is 36.2 Å². The maximum absolute atomic E-state index is 13.1. The largest absolute Gasteiger partial charge is 0.484 e. The molecule has 6 heteroatoms. The number of hydrogen-bond acceptors (Lipinski definition) is 3. The first-order valence-electron chi connectivity index (χ1n) is 12.1. The number of nitrogens with one attached hydrogen (secondary N) is 1. The van der Waals surface area contributed by atoms with Crippen molar-refractivity contribution in [2.24, 2.45) is 5.92 Å². The summed E-state index contributed by atoms with van der Waals surface area (Å²) in [5, 5.41) is 2.79. The SMILES string of the molecule is Cc1ccc(C2c3cc(OCC(=O)NCc4ccc(F)cc4)ccc3CCN2C(=O)C2CC2)cc1. The summed E-state index contributed by atoms with van der Waals surface area (Å²) < 4.78 is 18.9. The molecule has 1 aliphatic carbocycles. The van der Waals surface area contributed by atoms with Crippen LogP contribution in [0.25, 0.3) is 0 Å². The minimum Gasteiger partial charge on any atom is -0.484 e. The fraction of sp³-hybridized carbons (Fsp3) is 0.310.